The van der Waals surface area contributed by atoms with Crippen LogP contribution in [0.5, 0.6) is 0 Å². The Hall–Kier alpha value is -2.57. The van der Waals surface area contributed by atoms with E-state index >= 15 is 0 Å². The molecular formula is C19H25FN4O2. The number of nitrogens with zero attached hydrogens (tertiary/aromatic N) is 2. The number of carbonyl (C=O) groups is 2. The average Bonchev–Trinajstić information content (AvgIpc) is 3.14. The summed E-state index contributed by atoms with van der Waals surface area (Å²) in [6.45, 7) is 5.56. The Morgan fingerprint density at radius 3 is 2.88 bits per heavy atom. The molecular weight excluding hydrogens is 335 g/mol. The van der Waals surface area contributed by atoms with Crippen LogP contribution in [0.3, 0.4) is 0 Å². The lowest BCUT2D eigenvalue weighted by Crippen LogP contribution is -2.40. The largest absolute Gasteiger partial charge is 0.357 e. The number of likely N-dealkylation sites (tertiary alicyclic amines) is 1. The van der Waals surface area contributed by atoms with Crippen molar-refractivity contribution in [1.82, 2.24) is 20.1 Å². The lowest BCUT2D eigenvalue weighted by atomic mass is 10.1. The number of H-pyrrole nitrogens is 1. The van der Waals surface area contributed by atoms with Crippen molar-refractivity contribution in [2.45, 2.75) is 32.9 Å². The molecule has 3 rings (SSSR count). The zero-order chi connectivity index (χ0) is 18.8. The summed E-state index contributed by atoms with van der Waals surface area (Å²) >= 11 is 0. The van der Waals surface area contributed by atoms with E-state index in [2.05, 4.69) is 10.3 Å². The van der Waals surface area contributed by atoms with Crippen LogP contribution < -0.4 is 5.32 Å². The van der Waals surface area contributed by atoms with Crippen molar-refractivity contribution in [3.05, 3.63) is 35.8 Å². The van der Waals surface area contributed by atoms with E-state index in [1.54, 1.807) is 18.0 Å². The number of carbonyl (C=O) groups excluding carboxylic acids is 2. The van der Waals surface area contributed by atoms with Crippen LogP contribution in [0.15, 0.2) is 24.3 Å². The number of benzene rings is 1. The van der Waals surface area contributed by atoms with Gasteiger partial charge < -0.3 is 20.1 Å². The normalized spacial score (nSPS) is 17.3. The molecule has 1 unspecified atom stereocenters. The van der Waals surface area contributed by atoms with Gasteiger partial charge in [0.15, 0.2) is 0 Å². The molecule has 0 bridgehead atoms. The first kappa shape index (κ1) is 18.2. The summed E-state index contributed by atoms with van der Waals surface area (Å²) in [5.74, 6) is 0.0203. The number of amides is 3. The minimum atomic E-state index is -0.282. The minimum absolute atomic E-state index is 0.151. The summed E-state index contributed by atoms with van der Waals surface area (Å²) < 4.78 is 13.3. The summed E-state index contributed by atoms with van der Waals surface area (Å²) in [6.07, 6.45) is 0.482. The number of fused-ring (bicyclic) bond motifs is 1. The molecule has 1 fully saturated rings. The molecule has 6 nitrogen and oxygen atoms in total. The van der Waals surface area contributed by atoms with Crippen LogP contribution in [0.1, 0.15) is 26.0 Å². The van der Waals surface area contributed by atoms with Crippen molar-refractivity contribution in [1.29, 1.82) is 0 Å². The fourth-order valence-electron chi connectivity index (χ4n) is 3.39. The highest BCUT2D eigenvalue weighted by Crippen LogP contribution is 2.20. The Labute approximate surface area is 152 Å². The SMILES string of the molecule is CC(C)N1CC(CNC(=O)N(C)Cc2cc3cc(F)ccc3[nH]2)CC1=O. The summed E-state index contributed by atoms with van der Waals surface area (Å²) in [6, 6.07) is 6.41. The Kier molecular flexibility index (Phi) is 5.15. The molecule has 1 aliphatic heterocycles. The fraction of sp³-hybridized carbons (Fsp3) is 0.474. The molecule has 1 aromatic heterocycles. The first-order valence-electron chi connectivity index (χ1n) is 8.89. The molecule has 1 aromatic carbocycles. The van der Waals surface area contributed by atoms with Crippen LogP contribution >= 0.6 is 0 Å². The summed E-state index contributed by atoms with van der Waals surface area (Å²) in [5.41, 5.74) is 1.68. The Bertz CT molecular complexity index is 817. The van der Waals surface area contributed by atoms with Gasteiger partial charge in [-0.05, 0) is 38.1 Å². The van der Waals surface area contributed by atoms with Gasteiger partial charge in [0.1, 0.15) is 5.82 Å². The maximum absolute atomic E-state index is 13.3. The van der Waals surface area contributed by atoms with Crippen molar-refractivity contribution in [3.8, 4) is 0 Å². The molecule has 140 valence electrons. The number of nitrogens with one attached hydrogen (secondary N) is 2. The molecule has 0 radical (unpaired) electrons. The van der Waals surface area contributed by atoms with E-state index in [-0.39, 0.29) is 29.7 Å². The van der Waals surface area contributed by atoms with Crippen LogP contribution in [0.25, 0.3) is 10.9 Å². The number of halogens is 1. The minimum Gasteiger partial charge on any atom is -0.357 e. The molecule has 26 heavy (non-hydrogen) atoms. The van der Waals surface area contributed by atoms with Crippen molar-refractivity contribution in [3.63, 3.8) is 0 Å². The van der Waals surface area contributed by atoms with Gasteiger partial charge in [-0.15, -0.1) is 0 Å². The molecule has 0 saturated carbocycles. The average molecular weight is 360 g/mol. The van der Waals surface area contributed by atoms with E-state index in [9.17, 15) is 14.0 Å². The van der Waals surface area contributed by atoms with E-state index in [4.69, 9.17) is 0 Å². The van der Waals surface area contributed by atoms with Crippen molar-refractivity contribution < 1.29 is 14.0 Å². The standard InChI is InChI=1S/C19H25FN4O2/c1-12(2)24-10-13(6-18(24)25)9-21-19(26)23(3)11-16-8-14-7-15(20)4-5-17(14)22-16/h4-5,7-8,12-13,22H,6,9-11H2,1-3H3,(H,21,26). The van der Waals surface area contributed by atoms with Gasteiger partial charge >= 0.3 is 6.03 Å². The van der Waals surface area contributed by atoms with Gasteiger partial charge in [-0.1, -0.05) is 0 Å². The second-order valence-corrected chi connectivity index (χ2v) is 7.28. The van der Waals surface area contributed by atoms with Crippen molar-refractivity contribution in [2.24, 2.45) is 5.92 Å². The number of hydrogen-bond acceptors (Lipinski definition) is 2. The van der Waals surface area contributed by atoms with Crippen LogP contribution in [0.4, 0.5) is 9.18 Å². The first-order valence-corrected chi connectivity index (χ1v) is 8.89. The number of aromatic nitrogens is 1. The zero-order valence-electron chi connectivity index (χ0n) is 15.4. The Morgan fingerprint density at radius 1 is 1.42 bits per heavy atom. The molecule has 7 heteroatoms. The van der Waals surface area contributed by atoms with Crippen LogP contribution in [0, 0.1) is 11.7 Å². The van der Waals surface area contributed by atoms with Gasteiger partial charge in [-0.3, -0.25) is 4.79 Å². The van der Waals surface area contributed by atoms with Crippen LogP contribution in [-0.4, -0.2) is 52.9 Å². The predicted molar refractivity (Wildman–Crippen MR) is 98.1 cm³/mol. The molecule has 2 heterocycles. The summed E-state index contributed by atoms with van der Waals surface area (Å²) in [4.78, 5) is 30.8. The number of urea groups is 1. The predicted octanol–water partition coefficient (Wildman–Crippen LogP) is 2.71. The second kappa shape index (κ2) is 7.35. The smallest absolute Gasteiger partial charge is 0.317 e. The molecule has 0 aliphatic carbocycles. The maximum Gasteiger partial charge on any atom is 0.317 e. The van der Waals surface area contributed by atoms with Crippen molar-refractivity contribution >= 4 is 22.8 Å². The Morgan fingerprint density at radius 2 is 2.19 bits per heavy atom. The zero-order valence-corrected chi connectivity index (χ0v) is 15.4. The van der Waals surface area contributed by atoms with Gasteiger partial charge in [-0.2, -0.15) is 0 Å². The van der Waals surface area contributed by atoms with E-state index < -0.39 is 0 Å². The van der Waals surface area contributed by atoms with Gasteiger partial charge in [-0.25, -0.2) is 9.18 Å². The van der Waals surface area contributed by atoms with Gasteiger partial charge in [0.25, 0.3) is 0 Å². The number of hydrogen-bond donors (Lipinski definition) is 2. The maximum atomic E-state index is 13.3. The topological polar surface area (TPSA) is 68.4 Å². The fourth-order valence-corrected chi connectivity index (χ4v) is 3.39. The van der Waals surface area contributed by atoms with E-state index in [0.717, 1.165) is 16.6 Å². The third-order valence-electron chi connectivity index (χ3n) is 4.80. The van der Waals surface area contributed by atoms with Gasteiger partial charge in [0.2, 0.25) is 5.91 Å². The van der Waals surface area contributed by atoms with E-state index in [1.165, 1.54) is 12.1 Å². The molecule has 3 amide bonds. The third kappa shape index (κ3) is 3.98. The van der Waals surface area contributed by atoms with E-state index in [0.29, 0.717) is 26.1 Å². The highest BCUT2D eigenvalue weighted by atomic mass is 19.1. The van der Waals surface area contributed by atoms with Gasteiger partial charge in [0.05, 0.1) is 6.54 Å². The molecule has 1 atom stereocenters. The summed E-state index contributed by atoms with van der Waals surface area (Å²) in [7, 11) is 1.71. The monoisotopic (exact) mass is 360 g/mol. The molecule has 2 aromatic rings. The highest BCUT2D eigenvalue weighted by Gasteiger charge is 2.31. The number of rotatable bonds is 5. The number of aromatic amines is 1. The summed E-state index contributed by atoms with van der Waals surface area (Å²) in [5, 5.41) is 3.69. The molecule has 2 N–H and O–H groups in total. The molecule has 1 saturated heterocycles. The highest BCUT2D eigenvalue weighted by molar-refractivity contribution is 5.81. The van der Waals surface area contributed by atoms with Crippen LogP contribution in [0.2, 0.25) is 0 Å². The Balaban J connectivity index is 1.52. The second-order valence-electron chi connectivity index (χ2n) is 7.28. The van der Waals surface area contributed by atoms with Crippen molar-refractivity contribution in [2.75, 3.05) is 20.1 Å². The molecule has 0 spiro atoms. The van der Waals surface area contributed by atoms with Crippen LogP contribution in [-0.2, 0) is 11.3 Å². The van der Waals surface area contributed by atoms with Gasteiger partial charge in [0, 0.05) is 55.1 Å². The third-order valence-corrected chi connectivity index (χ3v) is 4.80. The molecule has 1 aliphatic rings. The quantitative estimate of drug-likeness (QED) is 0.861. The lowest BCUT2D eigenvalue weighted by molar-refractivity contribution is -0.129. The first-order chi connectivity index (χ1) is 12.3. The van der Waals surface area contributed by atoms with E-state index in [1.807, 2.05) is 24.8 Å². The lowest BCUT2D eigenvalue weighted by Gasteiger charge is -2.22.